The predicted molar refractivity (Wildman–Crippen MR) is 97.9 cm³/mol. The van der Waals surface area contributed by atoms with Crippen molar-refractivity contribution in [3.63, 3.8) is 0 Å². The standard InChI is InChI=1S/C20H22F3N3O/c21-20(22,23)15-6-5-9-17(11-15)25-18-10-14(12-24-13-18)19(27)26-16-7-3-1-2-4-8-16/h5-6,9-13,16,25H,1-4,7-8H2,(H,26,27). The molecule has 1 aromatic heterocycles. The highest BCUT2D eigenvalue weighted by molar-refractivity contribution is 5.95. The van der Waals surface area contributed by atoms with Crippen LogP contribution >= 0.6 is 0 Å². The highest BCUT2D eigenvalue weighted by Crippen LogP contribution is 2.31. The predicted octanol–water partition coefficient (Wildman–Crippen LogP) is 5.30. The van der Waals surface area contributed by atoms with Gasteiger partial charge in [-0.25, -0.2) is 0 Å². The number of nitrogens with zero attached hydrogens (tertiary/aromatic N) is 1. The van der Waals surface area contributed by atoms with Crippen LogP contribution in [0.4, 0.5) is 24.5 Å². The number of rotatable bonds is 4. The molecular weight excluding hydrogens is 355 g/mol. The maximum absolute atomic E-state index is 12.8. The highest BCUT2D eigenvalue weighted by Gasteiger charge is 2.30. The third-order valence-electron chi connectivity index (χ3n) is 4.67. The van der Waals surface area contributed by atoms with Crippen molar-refractivity contribution >= 4 is 17.3 Å². The lowest BCUT2D eigenvalue weighted by Crippen LogP contribution is -2.34. The molecule has 1 saturated carbocycles. The Morgan fingerprint density at radius 1 is 1.00 bits per heavy atom. The molecule has 1 amide bonds. The van der Waals surface area contributed by atoms with Gasteiger partial charge in [0, 0.05) is 17.9 Å². The number of hydrogen-bond acceptors (Lipinski definition) is 3. The molecule has 0 spiro atoms. The summed E-state index contributed by atoms with van der Waals surface area (Å²) in [7, 11) is 0. The summed E-state index contributed by atoms with van der Waals surface area (Å²) < 4.78 is 38.5. The smallest absolute Gasteiger partial charge is 0.354 e. The number of hydrogen-bond donors (Lipinski definition) is 2. The van der Waals surface area contributed by atoms with E-state index < -0.39 is 11.7 Å². The van der Waals surface area contributed by atoms with Crippen molar-refractivity contribution in [3.05, 3.63) is 53.9 Å². The lowest BCUT2D eigenvalue weighted by Gasteiger charge is -2.16. The minimum atomic E-state index is -4.41. The summed E-state index contributed by atoms with van der Waals surface area (Å²) in [5, 5.41) is 5.92. The van der Waals surface area contributed by atoms with Gasteiger partial charge < -0.3 is 10.6 Å². The molecular formula is C20H22F3N3O. The van der Waals surface area contributed by atoms with Gasteiger partial charge in [-0.05, 0) is 37.1 Å². The third kappa shape index (κ3) is 5.45. The summed E-state index contributed by atoms with van der Waals surface area (Å²) >= 11 is 0. The summed E-state index contributed by atoms with van der Waals surface area (Å²) in [5.41, 5.74) is 0.398. The van der Waals surface area contributed by atoms with E-state index in [2.05, 4.69) is 15.6 Å². The van der Waals surface area contributed by atoms with Crippen LogP contribution in [-0.2, 0) is 6.18 Å². The molecule has 1 fully saturated rings. The van der Waals surface area contributed by atoms with E-state index in [1.807, 2.05) is 0 Å². The normalized spacial score (nSPS) is 15.8. The zero-order chi connectivity index (χ0) is 19.3. The number of amides is 1. The van der Waals surface area contributed by atoms with Crippen LogP contribution in [-0.4, -0.2) is 16.9 Å². The largest absolute Gasteiger partial charge is 0.416 e. The summed E-state index contributed by atoms with van der Waals surface area (Å²) in [6.45, 7) is 0. The molecule has 144 valence electrons. The molecule has 0 aliphatic heterocycles. The summed E-state index contributed by atoms with van der Waals surface area (Å²) in [6.07, 6.45) is 5.10. The summed E-state index contributed by atoms with van der Waals surface area (Å²) in [6, 6.07) is 6.67. The van der Waals surface area contributed by atoms with Gasteiger partial charge in [0.15, 0.2) is 0 Å². The van der Waals surface area contributed by atoms with Gasteiger partial charge in [0.05, 0.1) is 23.0 Å². The Kier molecular flexibility index (Phi) is 5.98. The maximum atomic E-state index is 12.8. The van der Waals surface area contributed by atoms with Crippen LogP contribution < -0.4 is 10.6 Å². The Bertz CT molecular complexity index is 784. The maximum Gasteiger partial charge on any atom is 0.416 e. The third-order valence-corrected chi connectivity index (χ3v) is 4.67. The summed E-state index contributed by atoms with van der Waals surface area (Å²) in [5.74, 6) is -0.206. The van der Waals surface area contributed by atoms with E-state index in [4.69, 9.17) is 0 Å². The van der Waals surface area contributed by atoms with E-state index in [1.165, 1.54) is 37.4 Å². The van der Waals surface area contributed by atoms with Crippen molar-refractivity contribution in [2.45, 2.75) is 50.7 Å². The molecule has 0 unspecified atom stereocenters. The van der Waals surface area contributed by atoms with Gasteiger partial charge in [-0.3, -0.25) is 9.78 Å². The molecule has 0 atom stereocenters. The van der Waals surface area contributed by atoms with Crippen LogP contribution in [0, 0.1) is 0 Å². The lowest BCUT2D eigenvalue weighted by atomic mass is 10.1. The molecule has 2 aromatic rings. The van der Waals surface area contributed by atoms with Crippen molar-refractivity contribution in [1.29, 1.82) is 0 Å². The van der Waals surface area contributed by atoms with Crippen LogP contribution in [0.5, 0.6) is 0 Å². The van der Waals surface area contributed by atoms with Crippen LogP contribution in [0.25, 0.3) is 0 Å². The highest BCUT2D eigenvalue weighted by atomic mass is 19.4. The Morgan fingerprint density at radius 3 is 2.44 bits per heavy atom. The molecule has 1 aromatic carbocycles. The van der Waals surface area contributed by atoms with E-state index in [9.17, 15) is 18.0 Å². The van der Waals surface area contributed by atoms with Gasteiger partial charge in [0.1, 0.15) is 0 Å². The van der Waals surface area contributed by atoms with E-state index in [-0.39, 0.29) is 17.6 Å². The van der Waals surface area contributed by atoms with Gasteiger partial charge in [-0.2, -0.15) is 13.2 Å². The number of carbonyl (C=O) groups is 1. The molecule has 3 rings (SSSR count). The van der Waals surface area contributed by atoms with Gasteiger partial charge in [-0.1, -0.05) is 31.7 Å². The molecule has 2 N–H and O–H groups in total. The average molecular weight is 377 g/mol. The number of halogens is 3. The minimum absolute atomic E-state index is 0.167. The Hall–Kier alpha value is -2.57. The number of benzene rings is 1. The van der Waals surface area contributed by atoms with Crippen LogP contribution in [0.15, 0.2) is 42.7 Å². The molecule has 0 radical (unpaired) electrons. The number of nitrogens with one attached hydrogen (secondary N) is 2. The van der Waals surface area contributed by atoms with Gasteiger partial charge >= 0.3 is 6.18 Å². The average Bonchev–Trinajstić information content (AvgIpc) is 2.90. The fourth-order valence-electron chi connectivity index (χ4n) is 3.26. The Balaban J connectivity index is 1.69. The number of carbonyl (C=O) groups excluding carboxylic acids is 1. The van der Waals surface area contributed by atoms with E-state index in [0.29, 0.717) is 11.3 Å². The second-order valence-electron chi connectivity index (χ2n) is 6.83. The van der Waals surface area contributed by atoms with Crippen molar-refractivity contribution in [2.24, 2.45) is 0 Å². The molecule has 1 heterocycles. The van der Waals surface area contributed by atoms with E-state index in [1.54, 1.807) is 6.07 Å². The number of aromatic nitrogens is 1. The second kappa shape index (κ2) is 8.41. The van der Waals surface area contributed by atoms with Gasteiger partial charge in [0.25, 0.3) is 5.91 Å². The quantitative estimate of drug-likeness (QED) is 0.711. The Labute approximate surface area is 156 Å². The second-order valence-corrected chi connectivity index (χ2v) is 6.83. The summed E-state index contributed by atoms with van der Waals surface area (Å²) in [4.78, 5) is 16.5. The topological polar surface area (TPSA) is 54.0 Å². The molecule has 4 nitrogen and oxygen atoms in total. The van der Waals surface area contributed by atoms with Crippen LogP contribution in [0.1, 0.15) is 54.4 Å². The molecule has 0 bridgehead atoms. The lowest BCUT2D eigenvalue weighted by molar-refractivity contribution is -0.137. The molecule has 0 saturated heterocycles. The van der Waals surface area contributed by atoms with Crippen LogP contribution in [0.3, 0.4) is 0 Å². The molecule has 7 heteroatoms. The Morgan fingerprint density at radius 2 is 1.74 bits per heavy atom. The first-order valence-corrected chi connectivity index (χ1v) is 9.12. The first-order chi connectivity index (χ1) is 12.9. The first-order valence-electron chi connectivity index (χ1n) is 9.12. The number of pyridine rings is 1. The molecule has 27 heavy (non-hydrogen) atoms. The number of anilines is 2. The SMILES string of the molecule is O=C(NC1CCCCCC1)c1cncc(Nc2cccc(C(F)(F)F)c2)c1. The fraction of sp³-hybridized carbons (Fsp3) is 0.400. The van der Waals surface area contributed by atoms with E-state index >= 15 is 0 Å². The first kappa shape index (κ1) is 19.2. The van der Waals surface area contributed by atoms with Crippen molar-refractivity contribution in [1.82, 2.24) is 10.3 Å². The van der Waals surface area contributed by atoms with Crippen molar-refractivity contribution in [3.8, 4) is 0 Å². The molecule has 1 aliphatic carbocycles. The van der Waals surface area contributed by atoms with Crippen LogP contribution in [0.2, 0.25) is 0 Å². The fourth-order valence-corrected chi connectivity index (χ4v) is 3.26. The number of alkyl halides is 3. The van der Waals surface area contributed by atoms with Crippen molar-refractivity contribution in [2.75, 3.05) is 5.32 Å². The molecule has 1 aliphatic rings. The van der Waals surface area contributed by atoms with E-state index in [0.717, 1.165) is 37.8 Å². The zero-order valence-electron chi connectivity index (χ0n) is 14.9. The minimum Gasteiger partial charge on any atom is -0.354 e. The van der Waals surface area contributed by atoms with Crippen molar-refractivity contribution < 1.29 is 18.0 Å². The van der Waals surface area contributed by atoms with Gasteiger partial charge in [0.2, 0.25) is 0 Å². The monoisotopic (exact) mass is 377 g/mol. The van der Waals surface area contributed by atoms with Gasteiger partial charge in [-0.15, -0.1) is 0 Å². The zero-order valence-corrected chi connectivity index (χ0v) is 14.9.